The lowest BCUT2D eigenvalue weighted by Gasteiger charge is -2.17. The molecule has 0 radical (unpaired) electrons. The maximum Gasteiger partial charge on any atom is 0.326 e. The molecule has 0 unspecified atom stereocenters. The van der Waals surface area contributed by atoms with Crippen LogP contribution in [0, 0.1) is 0 Å². The summed E-state index contributed by atoms with van der Waals surface area (Å²) in [6, 6.07) is -1.85. The van der Waals surface area contributed by atoms with Gasteiger partial charge in [-0.25, -0.2) is 4.79 Å². The number of hydrogen-bond donors (Lipinski definition) is 4. The van der Waals surface area contributed by atoms with E-state index in [4.69, 9.17) is 11.5 Å². The molecular weight excluding hydrogens is 446 g/mol. The molecule has 35 heavy (non-hydrogen) atoms. The van der Waals surface area contributed by atoms with Crippen LogP contribution in [0.3, 0.4) is 0 Å². The van der Waals surface area contributed by atoms with Crippen LogP contribution in [0.4, 0.5) is 0 Å². The predicted molar refractivity (Wildman–Crippen MR) is 140 cm³/mol. The number of aliphatic carboxylic acids is 1. The molecule has 204 valence electrons. The Kier molecular flexibility index (Phi) is 22.7. The molecule has 0 saturated heterocycles. The van der Waals surface area contributed by atoms with E-state index in [1.807, 2.05) is 0 Å². The van der Waals surface area contributed by atoms with Gasteiger partial charge < -0.3 is 26.7 Å². The monoisotopic (exact) mass is 497 g/mol. The zero-order valence-electron chi connectivity index (χ0n) is 21.8. The van der Waals surface area contributed by atoms with Crippen molar-refractivity contribution in [3.05, 3.63) is 0 Å². The minimum absolute atomic E-state index is 0.0453. The van der Waals surface area contributed by atoms with Crippen molar-refractivity contribution < 1.29 is 24.3 Å². The highest BCUT2D eigenvalue weighted by Gasteiger charge is 2.23. The molecule has 0 saturated carbocycles. The molecule has 0 aliphatic rings. The normalized spacial score (nSPS) is 12.7. The second-order valence-corrected chi connectivity index (χ2v) is 9.67. The quantitative estimate of drug-likeness (QED) is 0.102. The summed E-state index contributed by atoms with van der Waals surface area (Å²) in [6.45, 7) is 0.528. The number of amides is 1. The van der Waals surface area contributed by atoms with Gasteiger partial charge in [0.15, 0.2) is 0 Å². The smallest absolute Gasteiger partial charge is 0.326 e. The largest absolute Gasteiger partial charge is 0.480 e. The Morgan fingerprint density at radius 3 is 1.71 bits per heavy atom. The lowest BCUT2D eigenvalue weighted by atomic mass is 10.0. The highest BCUT2D eigenvalue weighted by Crippen LogP contribution is 2.14. The van der Waals surface area contributed by atoms with E-state index in [0.717, 1.165) is 38.4 Å². The van der Waals surface area contributed by atoms with Crippen molar-refractivity contribution in [2.45, 2.75) is 141 Å². The molecular formula is C27H51N3O5. The summed E-state index contributed by atoms with van der Waals surface area (Å²) in [5, 5.41) is 11.8. The molecule has 0 aromatic heterocycles. The number of hydrogen-bond acceptors (Lipinski definition) is 6. The molecule has 8 nitrogen and oxygen atoms in total. The maximum atomic E-state index is 12.1. The molecule has 0 heterocycles. The van der Waals surface area contributed by atoms with Crippen LogP contribution in [0.25, 0.3) is 0 Å². The highest BCUT2D eigenvalue weighted by molar-refractivity contribution is 5.87. The number of carboxylic acids is 1. The van der Waals surface area contributed by atoms with E-state index < -0.39 is 24.0 Å². The molecule has 0 fully saturated rings. The Hall–Kier alpha value is -1.80. The average molecular weight is 498 g/mol. The number of unbranched alkanes of at least 4 members (excludes halogenated alkanes) is 14. The molecule has 0 aromatic carbocycles. The van der Waals surface area contributed by atoms with Crippen molar-refractivity contribution in [2.75, 3.05) is 6.54 Å². The molecule has 6 N–H and O–H groups in total. The van der Waals surface area contributed by atoms with Gasteiger partial charge in [0, 0.05) is 19.3 Å². The zero-order valence-corrected chi connectivity index (χ0v) is 21.8. The summed E-state index contributed by atoms with van der Waals surface area (Å²) >= 11 is 0. The maximum absolute atomic E-state index is 12.1. The third kappa shape index (κ3) is 21.2. The Morgan fingerprint density at radius 1 is 0.714 bits per heavy atom. The number of nitrogens with one attached hydrogen (secondary N) is 1. The first-order valence-corrected chi connectivity index (χ1v) is 13.9. The second kappa shape index (κ2) is 23.9. The third-order valence-corrected chi connectivity index (χ3v) is 6.41. The van der Waals surface area contributed by atoms with Crippen LogP contribution in [0.5, 0.6) is 0 Å². The number of carbonyl (C=O) groups excluding carboxylic acids is 3. The van der Waals surface area contributed by atoms with E-state index in [-0.39, 0.29) is 18.6 Å². The molecule has 1 amide bonds. The summed E-state index contributed by atoms with van der Waals surface area (Å²) in [5.74, 6) is -1.59. The van der Waals surface area contributed by atoms with Crippen molar-refractivity contribution in [1.82, 2.24) is 5.32 Å². The Bertz CT molecular complexity index is 571. The predicted octanol–water partition coefficient (Wildman–Crippen LogP) is 4.41. The molecule has 0 spiro atoms. The number of rotatable bonds is 26. The van der Waals surface area contributed by atoms with Crippen molar-refractivity contribution in [2.24, 2.45) is 11.5 Å². The van der Waals surface area contributed by atoms with Gasteiger partial charge in [-0.05, 0) is 38.6 Å². The van der Waals surface area contributed by atoms with E-state index >= 15 is 0 Å². The molecule has 0 rings (SSSR count). The SMILES string of the molecule is NCCCC[C@H](N)C(=O)N[C@@H](CCC(=O)CCCCCCCCCCCCCCCC=O)C(=O)O. The highest BCUT2D eigenvalue weighted by atomic mass is 16.4. The number of nitrogens with two attached hydrogens (primary N) is 2. The summed E-state index contributed by atoms with van der Waals surface area (Å²) in [7, 11) is 0. The third-order valence-electron chi connectivity index (χ3n) is 6.41. The van der Waals surface area contributed by atoms with Gasteiger partial charge in [0.1, 0.15) is 18.1 Å². The van der Waals surface area contributed by atoms with Gasteiger partial charge >= 0.3 is 5.97 Å². The fourth-order valence-electron chi connectivity index (χ4n) is 4.10. The fraction of sp³-hybridized carbons (Fsp3) is 0.852. The Morgan fingerprint density at radius 2 is 1.23 bits per heavy atom. The molecule has 0 bridgehead atoms. The van der Waals surface area contributed by atoms with Crippen LogP contribution in [-0.2, 0) is 19.2 Å². The van der Waals surface area contributed by atoms with Crippen LogP contribution < -0.4 is 16.8 Å². The summed E-state index contributed by atoms with van der Waals surface area (Å²) < 4.78 is 0. The van der Waals surface area contributed by atoms with Crippen LogP contribution in [0.15, 0.2) is 0 Å². The summed E-state index contributed by atoms with van der Waals surface area (Å²) in [6.07, 6.45) is 19.6. The van der Waals surface area contributed by atoms with E-state index in [2.05, 4.69) is 5.32 Å². The number of ketones is 1. The second-order valence-electron chi connectivity index (χ2n) is 9.67. The Labute approximate surface area is 212 Å². The van der Waals surface area contributed by atoms with Gasteiger partial charge in [-0.1, -0.05) is 77.0 Å². The number of aldehydes is 1. The van der Waals surface area contributed by atoms with Gasteiger partial charge in [-0.15, -0.1) is 0 Å². The molecule has 2 atom stereocenters. The lowest BCUT2D eigenvalue weighted by Crippen LogP contribution is -2.48. The first-order chi connectivity index (χ1) is 16.9. The minimum atomic E-state index is -1.14. The van der Waals surface area contributed by atoms with Gasteiger partial charge in [-0.3, -0.25) is 9.59 Å². The summed E-state index contributed by atoms with van der Waals surface area (Å²) in [5.41, 5.74) is 11.2. The average Bonchev–Trinajstić information content (AvgIpc) is 2.83. The summed E-state index contributed by atoms with van der Waals surface area (Å²) in [4.78, 5) is 45.9. The molecule has 0 aliphatic heterocycles. The van der Waals surface area contributed by atoms with E-state index in [1.54, 1.807) is 0 Å². The number of carbonyl (C=O) groups is 4. The number of carboxylic acid groups (broad SMARTS) is 1. The molecule has 8 heteroatoms. The minimum Gasteiger partial charge on any atom is -0.480 e. The van der Waals surface area contributed by atoms with Crippen molar-refractivity contribution in [1.29, 1.82) is 0 Å². The van der Waals surface area contributed by atoms with Gasteiger partial charge in [-0.2, -0.15) is 0 Å². The first kappa shape index (κ1) is 33.2. The van der Waals surface area contributed by atoms with E-state index in [9.17, 15) is 24.3 Å². The van der Waals surface area contributed by atoms with Crippen molar-refractivity contribution >= 4 is 23.9 Å². The van der Waals surface area contributed by atoms with Gasteiger partial charge in [0.2, 0.25) is 5.91 Å². The fourth-order valence-corrected chi connectivity index (χ4v) is 4.10. The van der Waals surface area contributed by atoms with Crippen molar-refractivity contribution in [3.63, 3.8) is 0 Å². The first-order valence-electron chi connectivity index (χ1n) is 13.9. The topological polar surface area (TPSA) is 153 Å². The van der Waals surface area contributed by atoms with Crippen LogP contribution in [0.1, 0.15) is 128 Å². The van der Waals surface area contributed by atoms with Gasteiger partial charge in [0.05, 0.1) is 6.04 Å². The van der Waals surface area contributed by atoms with E-state index in [1.165, 1.54) is 57.8 Å². The standard InChI is InChI=1S/C27H51N3O5/c28-21-15-14-18-24(29)26(33)30-25(27(34)35)20-19-23(32)17-13-11-9-7-5-3-1-2-4-6-8-10-12-16-22-31/h22,24-25H,1-21,28-29H2,(H,30,33)(H,34,35)/t24-,25-/m0/s1. The van der Waals surface area contributed by atoms with Crippen LogP contribution in [-0.4, -0.2) is 47.7 Å². The Balaban J connectivity index is 3.71. The lowest BCUT2D eigenvalue weighted by molar-refractivity contribution is -0.142. The number of Topliss-reactive ketones (excluding diaryl/α,β-unsaturated/α-hetero) is 1. The van der Waals surface area contributed by atoms with Crippen LogP contribution >= 0.6 is 0 Å². The van der Waals surface area contributed by atoms with Gasteiger partial charge in [0.25, 0.3) is 0 Å². The molecule has 0 aromatic rings. The van der Waals surface area contributed by atoms with Crippen molar-refractivity contribution in [3.8, 4) is 0 Å². The van der Waals surface area contributed by atoms with E-state index in [0.29, 0.717) is 32.2 Å². The zero-order chi connectivity index (χ0) is 26.2. The van der Waals surface area contributed by atoms with Crippen LogP contribution in [0.2, 0.25) is 0 Å². The molecule has 0 aliphatic carbocycles.